The quantitative estimate of drug-likeness (QED) is 0.159. The van der Waals surface area contributed by atoms with E-state index in [1.807, 2.05) is 22.7 Å². The second-order valence-electron chi connectivity index (χ2n) is 31.8. The number of hydrogen-bond donors (Lipinski definition) is 0. The molecule has 0 N–H and O–H groups in total. The third kappa shape index (κ3) is 11.6. The smallest absolute Gasteiger partial charge is 0.0555 e. The first-order chi connectivity index (χ1) is 59.2. The Morgan fingerprint density at radius 3 is 0.667 bits per heavy atom. The van der Waals surface area contributed by atoms with Crippen LogP contribution in [0.5, 0.6) is 0 Å². The fourth-order valence-electron chi connectivity index (χ4n) is 19.0. The number of benzene rings is 18. The highest BCUT2D eigenvalue weighted by molar-refractivity contribution is 7.26. The van der Waals surface area contributed by atoms with Crippen LogP contribution in [0.25, 0.3) is 205 Å². The van der Waals surface area contributed by atoms with Crippen LogP contribution in [0, 0.1) is 27.7 Å². The second kappa shape index (κ2) is 28.5. The van der Waals surface area contributed by atoms with Crippen molar-refractivity contribution in [3.8, 4) is 34.1 Å². The summed E-state index contributed by atoms with van der Waals surface area (Å²) >= 11 is 3.76. The van der Waals surface area contributed by atoms with E-state index in [0.29, 0.717) is 0 Å². The van der Waals surface area contributed by atoms with Crippen molar-refractivity contribution in [1.82, 2.24) is 27.4 Å². The summed E-state index contributed by atoms with van der Waals surface area (Å²) in [6, 6.07) is 145. The second-order valence-corrected chi connectivity index (χ2v) is 34.0. The highest BCUT2D eigenvalue weighted by atomic mass is 32.1. The third-order valence-electron chi connectivity index (χ3n) is 24.4. The van der Waals surface area contributed by atoms with E-state index in [2.05, 4.69) is 455 Å². The van der Waals surface area contributed by atoms with E-state index >= 15 is 0 Å². The van der Waals surface area contributed by atoms with Crippen LogP contribution in [-0.4, -0.2) is 27.4 Å². The first-order valence-corrected chi connectivity index (χ1v) is 42.8. The molecule has 0 amide bonds. The van der Waals surface area contributed by atoms with E-state index < -0.39 is 0 Å². The van der Waals surface area contributed by atoms with Gasteiger partial charge < -0.3 is 27.4 Å². The molecule has 0 aliphatic rings. The van der Waals surface area contributed by atoms with Gasteiger partial charge in [-0.05, 0) is 209 Å². The lowest BCUT2D eigenvalue weighted by Gasteiger charge is -2.09. The molecular weight excluding hydrogens is 1490 g/mol. The molecule has 0 spiro atoms. The lowest BCUT2D eigenvalue weighted by atomic mass is 10.1. The maximum atomic E-state index is 2.41. The molecule has 120 heavy (non-hydrogen) atoms. The van der Waals surface area contributed by atoms with Gasteiger partial charge in [-0.25, -0.2) is 0 Å². The predicted octanol–water partition coefficient (Wildman–Crippen LogP) is 31.3. The summed E-state index contributed by atoms with van der Waals surface area (Å²) < 4.78 is 19.8. The zero-order chi connectivity index (χ0) is 79.8. The van der Waals surface area contributed by atoms with Crippen LogP contribution < -0.4 is 0 Å². The molecule has 0 atom stereocenters. The molecule has 0 aliphatic heterocycles. The van der Waals surface area contributed by atoms with Crippen molar-refractivity contribution in [3.63, 3.8) is 0 Å². The lowest BCUT2D eigenvalue weighted by molar-refractivity contribution is 1.17. The number of fused-ring (bicyclic) bond motifs is 24. The van der Waals surface area contributed by atoms with E-state index in [4.69, 9.17) is 0 Å². The minimum atomic E-state index is 1.19. The Labute approximate surface area is 700 Å². The van der Waals surface area contributed by atoms with Gasteiger partial charge in [0.1, 0.15) is 0 Å². The largest absolute Gasteiger partial charge is 0.309 e. The van der Waals surface area contributed by atoms with Crippen LogP contribution in [-0.2, 0) is 0 Å². The standard InChI is InChI=1S/2C31H22N2.2C25H17NS/c1-21-10-9-13-23(18-21)33-29-17-8-6-15-25(29)27-19-30-26(20-31(27)33)24-14-5-7-16-28(24)32(30)22-11-3-2-4-12-22;1-21-15-17-23(18-16-21)33-29-14-8-6-12-25(29)27-19-30-26(20-31(27)33)24-11-5-7-13-28(24)32(30)22-9-3-2-4-10-22;1-16-7-6-8-17(13-16)26-22-11-4-2-9-18(22)20-14-21-19-10-3-5-12-24(19)27-25(21)15-23(20)26;1-16-10-12-17(13-11-16)26-22-8-4-2-6-18(22)20-14-21-19-7-3-5-9-24(19)27-25(21)15-23(20)26/h2*2-20H,1H3;2*2-15H,1H3. The molecule has 6 nitrogen and oxygen atoms in total. The Hall–Kier alpha value is -14.8. The summed E-state index contributed by atoms with van der Waals surface area (Å²) in [5, 5.41) is 20.9. The van der Waals surface area contributed by atoms with Crippen molar-refractivity contribution < 1.29 is 0 Å². The van der Waals surface area contributed by atoms with Crippen molar-refractivity contribution >= 4 is 194 Å². The van der Waals surface area contributed by atoms with Gasteiger partial charge in [0.25, 0.3) is 0 Å². The van der Waals surface area contributed by atoms with Gasteiger partial charge in [0.05, 0.1) is 66.2 Å². The van der Waals surface area contributed by atoms with Gasteiger partial charge in [0.2, 0.25) is 0 Å². The highest BCUT2D eigenvalue weighted by Crippen LogP contribution is 2.46. The van der Waals surface area contributed by atoms with Gasteiger partial charge in [0.15, 0.2) is 0 Å². The highest BCUT2D eigenvalue weighted by Gasteiger charge is 2.23. The minimum Gasteiger partial charge on any atom is -0.309 e. The zero-order valence-corrected chi connectivity index (χ0v) is 68.2. The van der Waals surface area contributed by atoms with Crippen molar-refractivity contribution in [3.05, 3.63) is 423 Å². The maximum absolute atomic E-state index is 2.41. The SMILES string of the molecule is Cc1ccc(-n2c3ccccc3c3cc4c(cc32)c2ccccc2n4-c2ccccc2)cc1.Cc1ccc(-n2c3ccccc3c3cc4c(cc32)sc2ccccc24)cc1.Cc1cccc(-n2c3ccccc3c3cc4c(cc32)c2ccccc2n4-c2ccccc2)c1.Cc1cccc(-n2c3ccccc3c3cc4c(cc32)sc2ccccc24)c1. The van der Waals surface area contributed by atoms with Crippen LogP contribution in [0.3, 0.4) is 0 Å². The molecule has 0 saturated carbocycles. The maximum Gasteiger partial charge on any atom is 0.0555 e. The van der Waals surface area contributed by atoms with E-state index in [1.54, 1.807) is 0 Å². The molecule has 0 saturated heterocycles. The lowest BCUT2D eigenvalue weighted by Crippen LogP contribution is -1.94. The Morgan fingerprint density at radius 1 is 0.133 bits per heavy atom. The average Bonchev–Trinajstić information content (AvgIpc) is 1.57. The molecule has 0 radical (unpaired) electrons. The number of hydrogen-bond acceptors (Lipinski definition) is 2. The fourth-order valence-corrected chi connectivity index (χ4v) is 21.2. The average molecular weight is 1570 g/mol. The van der Waals surface area contributed by atoms with Crippen LogP contribution in [0.1, 0.15) is 22.3 Å². The summed E-state index contributed by atoms with van der Waals surface area (Å²) in [7, 11) is 0. The van der Waals surface area contributed by atoms with E-state index in [9.17, 15) is 0 Å². The molecule has 18 aromatic carbocycles. The fraction of sp³-hybridized carbons (Fsp3) is 0.0357. The summed E-state index contributed by atoms with van der Waals surface area (Å²) in [5.41, 5.74) is 27.3. The Balaban J connectivity index is 0.0000000938. The Bertz CT molecular complexity index is 8570. The van der Waals surface area contributed by atoms with Gasteiger partial charge in [-0.3, -0.25) is 0 Å². The molecule has 0 fully saturated rings. The van der Waals surface area contributed by atoms with Crippen LogP contribution >= 0.6 is 22.7 Å². The van der Waals surface area contributed by atoms with Gasteiger partial charge >= 0.3 is 0 Å². The van der Waals surface area contributed by atoms with E-state index in [-0.39, 0.29) is 0 Å². The topological polar surface area (TPSA) is 29.6 Å². The van der Waals surface area contributed by atoms with Crippen molar-refractivity contribution in [2.75, 3.05) is 0 Å². The summed E-state index contributed by atoms with van der Waals surface area (Å²) in [6.45, 7) is 8.58. The van der Waals surface area contributed by atoms with Crippen LogP contribution in [0.2, 0.25) is 0 Å². The monoisotopic (exact) mass is 1570 g/mol. The van der Waals surface area contributed by atoms with Gasteiger partial charge in [-0.2, -0.15) is 0 Å². The number of aryl methyl sites for hydroxylation is 4. The number of rotatable bonds is 6. The summed E-state index contributed by atoms with van der Waals surface area (Å²) in [4.78, 5) is 0. The molecule has 8 aromatic heterocycles. The predicted molar refractivity (Wildman–Crippen MR) is 517 cm³/mol. The molecular formula is C112H78N6S2. The van der Waals surface area contributed by atoms with Crippen molar-refractivity contribution in [2.24, 2.45) is 0 Å². The molecule has 26 rings (SSSR count). The first kappa shape index (κ1) is 70.6. The Morgan fingerprint density at radius 2 is 0.367 bits per heavy atom. The number of aromatic nitrogens is 6. The minimum absolute atomic E-state index is 1.19. The van der Waals surface area contributed by atoms with Crippen LogP contribution in [0.4, 0.5) is 0 Å². The van der Waals surface area contributed by atoms with Gasteiger partial charge in [0, 0.05) is 139 Å². The molecule has 8 heteroatoms. The van der Waals surface area contributed by atoms with Gasteiger partial charge in [-0.15, -0.1) is 22.7 Å². The van der Waals surface area contributed by atoms with E-state index in [0.717, 1.165) is 0 Å². The normalized spacial score (nSPS) is 11.8. The number of thiophene rings is 2. The van der Waals surface area contributed by atoms with Gasteiger partial charge in [-0.1, -0.05) is 242 Å². The summed E-state index contributed by atoms with van der Waals surface area (Å²) in [6.07, 6.45) is 0. The molecule has 0 unspecified atom stereocenters. The molecule has 26 aromatic rings. The summed E-state index contributed by atoms with van der Waals surface area (Å²) in [5.74, 6) is 0. The molecule has 0 aliphatic carbocycles. The number of nitrogens with zero attached hydrogens (tertiary/aromatic N) is 6. The molecule has 568 valence electrons. The molecule has 0 bridgehead atoms. The van der Waals surface area contributed by atoms with Crippen LogP contribution in [0.15, 0.2) is 400 Å². The number of para-hydroxylation sites is 8. The Kier molecular flexibility index (Phi) is 16.8. The third-order valence-corrected chi connectivity index (χ3v) is 26.7. The van der Waals surface area contributed by atoms with Crippen molar-refractivity contribution in [2.45, 2.75) is 27.7 Å². The van der Waals surface area contributed by atoms with E-state index in [1.165, 1.54) is 228 Å². The molecule has 8 heterocycles. The first-order valence-electron chi connectivity index (χ1n) is 41.2. The zero-order valence-electron chi connectivity index (χ0n) is 66.6. The van der Waals surface area contributed by atoms with Crippen molar-refractivity contribution in [1.29, 1.82) is 0 Å².